The Morgan fingerprint density at radius 2 is 1.61 bits per heavy atom. The third-order valence-electron chi connectivity index (χ3n) is 3.49. The number of halogens is 3. The number of ether oxygens (including phenoxy) is 2. The molecule has 0 saturated heterocycles. The topological polar surface area (TPSA) is 81.7 Å². The normalized spacial score (nSPS) is 10.4. The van der Waals surface area contributed by atoms with Crippen molar-refractivity contribution in [3.8, 4) is 5.75 Å². The Labute approximate surface area is 158 Å². The molecule has 0 heterocycles. The zero-order valence-electron chi connectivity index (χ0n) is 14.5. The van der Waals surface area contributed by atoms with Crippen LogP contribution in [0.5, 0.6) is 5.75 Å². The Morgan fingerprint density at radius 1 is 0.964 bits per heavy atom. The van der Waals surface area contributed by atoms with Gasteiger partial charge in [-0.3, -0.25) is 19.7 Å². The van der Waals surface area contributed by atoms with Crippen LogP contribution < -0.4 is 10.1 Å². The summed E-state index contributed by atoms with van der Waals surface area (Å²) >= 11 is 0. The summed E-state index contributed by atoms with van der Waals surface area (Å²) in [5.74, 6) is -2.79. The molecule has 2 amide bonds. The minimum atomic E-state index is -2.99. The van der Waals surface area contributed by atoms with E-state index in [0.717, 1.165) is 17.7 Å². The van der Waals surface area contributed by atoms with Gasteiger partial charge in [-0.1, -0.05) is 12.1 Å². The lowest BCUT2D eigenvalue weighted by atomic mass is 10.1. The van der Waals surface area contributed by atoms with E-state index in [1.807, 2.05) is 5.32 Å². The number of carbonyl (C=O) groups excluding carboxylic acids is 3. The summed E-state index contributed by atoms with van der Waals surface area (Å²) < 4.78 is 45.8. The van der Waals surface area contributed by atoms with Crippen LogP contribution in [0, 0.1) is 5.82 Å². The number of hydrogen-bond acceptors (Lipinski definition) is 5. The second-order valence-electron chi connectivity index (χ2n) is 5.57. The number of alkyl halides is 2. The molecule has 0 radical (unpaired) electrons. The van der Waals surface area contributed by atoms with Crippen molar-refractivity contribution in [3.05, 3.63) is 65.5 Å². The zero-order chi connectivity index (χ0) is 20.5. The molecule has 6 nitrogen and oxygen atoms in total. The van der Waals surface area contributed by atoms with E-state index in [9.17, 15) is 27.6 Å². The van der Waals surface area contributed by atoms with Gasteiger partial charge < -0.3 is 9.47 Å². The van der Waals surface area contributed by atoms with E-state index < -0.39 is 31.0 Å². The predicted octanol–water partition coefficient (Wildman–Crippen LogP) is 2.86. The third kappa shape index (κ3) is 7.10. The molecule has 0 atom stereocenters. The maximum Gasteiger partial charge on any atom is 0.387 e. The summed E-state index contributed by atoms with van der Waals surface area (Å²) in [4.78, 5) is 35.2. The summed E-state index contributed by atoms with van der Waals surface area (Å²) in [6, 6.07) is 10.3. The molecule has 2 rings (SSSR count). The number of aryl methyl sites for hydroxylation is 1. The standard InChI is InChI=1S/C19H16F3NO5/c20-14-6-1-12(2-7-14)3-10-17(25)27-11-16(24)23-18(26)13-4-8-15(9-5-13)28-19(21)22/h1-2,4-9,19H,3,10-11H2,(H,23,24,26). The monoisotopic (exact) mass is 395 g/mol. The Kier molecular flexibility index (Phi) is 7.55. The van der Waals surface area contributed by atoms with E-state index in [0.29, 0.717) is 6.42 Å². The van der Waals surface area contributed by atoms with Crippen molar-refractivity contribution in [3.63, 3.8) is 0 Å². The van der Waals surface area contributed by atoms with Gasteiger partial charge in [0, 0.05) is 12.0 Å². The van der Waals surface area contributed by atoms with Gasteiger partial charge in [-0.05, 0) is 48.4 Å². The van der Waals surface area contributed by atoms with E-state index in [4.69, 9.17) is 4.74 Å². The molecular formula is C19H16F3NO5. The second kappa shape index (κ2) is 10.1. The highest BCUT2D eigenvalue weighted by Crippen LogP contribution is 2.14. The van der Waals surface area contributed by atoms with Gasteiger partial charge >= 0.3 is 12.6 Å². The van der Waals surface area contributed by atoms with E-state index >= 15 is 0 Å². The van der Waals surface area contributed by atoms with Gasteiger partial charge in [0.05, 0.1) is 0 Å². The van der Waals surface area contributed by atoms with Crippen molar-refractivity contribution in [1.82, 2.24) is 5.32 Å². The van der Waals surface area contributed by atoms with Gasteiger partial charge in [-0.2, -0.15) is 8.78 Å². The molecule has 0 spiro atoms. The number of benzene rings is 2. The summed E-state index contributed by atoms with van der Waals surface area (Å²) in [5.41, 5.74) is 0.773. The fourth-order valence-electron chi connectivity index (χ4n) is 2.14. The SMILES string of the molecule is O=C(COC(=O)CCc1ccc(F)cc1)NC(=O)c1ccc(OC(F)F)cc1. The minimum absolute atomic E-state index is 0.0154. The van der Waals surface area contributed by atoms with Gasteiger partial charge in [0.1, 0.15) is 11.6 Å². The van der Waals surface area contributed by atoms with E-state index in [1.54, 1.807) is 0 Å². The third-order valence-corrected chi connectivity index (χ3v) is 3.49. The van der Waals surface area contributed by atoms with Gasteiger partial charge in [-0.25, -0.2) is 4.39 Å². The van der Waals surface area contributed by atoms with Crippen LogP contribution in [-0.4, -0.2) is 31.0 Å². The summed E-state index contributed by atoms with van der Waals surface area (Å²) in [6.45, 7) is -3.64. The average Bonchev–Trinajstić information content (AvgIpc) is 2.66. The molecule has 0 fully saturated rings. The van der Waals surface area contributed by atoms with Crippen LogP contribution in [0.15, 0.2) is 48.5 Å². The highest BCUT2D eigenvalue weighted by atomic mass is 19.3. The summed E-state index contributed by atoms with van der Waals surface area (Å²) in [7, 11) is 0. The van der Waals surface area contributed by atoms with E-state index in [2.05, 4.69) is 4.74 Å². The molecule has 0 aliphatic rings. The molecule has 1 N–H and O–H groups in total. The van der Waals surface area contributed by atoms with E-state index in [1.165, 1.54) is 36.4 Å². The molecule has 2 aromatic rings. The van der Waals surface area contributed by atoms with Crippen molar-refractivity contribution in [2.24, 2.45) is 0 Å². The number of amides is 2. The fourth-order valence-corrected chi connectivity index (χ4v) is 2.14. The molecule has 0 aliphatic carbocycles. The lowest BCUT2D eigenvalue weighted by molar-refractivity contribution is -0.148. The second-order valence-corrected chi connectivity index (χ2v) is 5.57. The van der Waals surface area contributed by atoms with Crippen LogP contribution in [-0.2, 0) is 20.7 Å². The summed E-state index contributed by atoms with van der Waals surface area (Å²) in [5, 5.41) is 2.01. The van der Waals surface area contributed by atoms with Gasteiger partial charge in [0.25, 0.3) is 11.8 Å². The van der Waals surface area contributed by atoms with Crippen LogP contribution in [0.3, 0.4) is 0 Å². The first-order valence-corrected chi connectivity index (χ1v) is 8.12. The average molecular weight is 395 g/mol. The maximum atomic E-state index is 12.8. The largest absolute Gasteiger partial charge is 0.456 e. The Bertz CT molecular complexity index is 822. The molecule has 0 saturated carbocycles. The number of carbonyl (C=O) groups is 3. The fraction of sp³-hybridized carbons (Fsp3) is 0.211. The molecule has 0 aromatic heterocycles. The van der Waals surface area contributed by atoms with Crippen LogP contribution in [0.25, 0.3) is 0 Å². The van der Waals surface area contributed by atoms with Crippen molar-refractivity contribution < 1.29 is 37.0 Å². The van der Waals surface area contributed by atoms with Gasteiger partial charge in [0.15, 0.2) is 6.61 Å². The van der Waals surface area contributed by atoms with Crippen molar-refractivity contribution in [2.75, 3.05) is 6.61 Å². The van der Waals surface area contributed by atoms with Gasteiger partial charge in [0.2, 0.25) is 0 Å². The highest BCUT2D eigenvalue weighted by molar-refractivity contribution is 6.05. The summed E-state index contributed by atoms with van der Waals surface area (Å²) in [6.07, 6.45) is 0.297. The minimum Gasteiger partial charge on any atom is -0.456 e. The number of hydrogen-bond donors (Lipinski definition) is 1. The Hall–Kier alpha value is -3.36. The number of esters is 1. The van der Waals surface area contributed by atoms with Crippen molar-refractivity contribution >= 4 is 17.8 Å². The Morgan fingerprint density at radius 3 is 2.21 bits per heavy atom. The lowest BCUT2D eigenvalue weighted by Crippen LogP contribution is -2.34. The molecule has 0 bridgehead atoms. The first kappa shape index (κ1) is 20.9. The number of imide groups is 1. The predicted molar refractivity (Wildman–Crippen MR) is 91.2 cm³/mol. The lowest BCUT2D eigenvalue weighted by Gasteiger charge is -2.07. The van der Waals surface area contributed by atoms with Gasteiger partial charge in [-0.15, -0.1) is 0 Å². The quantitative estimate of drug-likeness (QED) is 0.695. The Balaban J connectivity index is 1.72. The van der Waals surface area contributed by atoms with Crippen molar-refractivity contribution in [2.45, 2.75) is 19.5 Å². The first-order valence-electron chi connectivity index (χ1n) is 8.12. The highest BCUT2D eigenvalue weighted by Gasteiger charge is 2.13. The molecule has 2 aromatic carbocycles. The van der Waals surface area contributed by atoms with Crippen molar-refractivity contribution in [1.29, 1.82) is 0 Å². The molecule has 0 unspecified atom stereocenters. The zero-order valence-corrected chi connectivity index (χ0v) is 14.5. The molecular weight excluding hydrogens is 379 g/mol. The van der Waals surface area contributed by atoms with Crippen LogP contribution in [0.2, 0.25) is 0 Å². The first-order chi connectivity index (χ1) is 13.3. The maximum absolute atomic E-state index is 12.8. The number of nitrogens with one attached hydrogen (secondary N) is 1. The smallest absolute Gasteiger partial charge is 0.387 e. The van der Waals surface area contributed by atoms with Crippen LogP contribution in [0.4, 0.5) is 13.2 Å². The molecule has 9 heteroatoms. The van der Waals surface area contributed by atoms with Crippen LogP contribution in [0.1, 0.15) is 22.3 Å². The van der Waals surface area contributed by atoms with E-state index in [-0.39, 0.29) is 23.6 Å². The molecule has 148 valence electrons. The number of rotatable bonds is 8. The molecule has 28 heavy (non-hydrogen) atoms. The molecule has 0 aliphatic heterocycles. The van der Waals surface area contributed by atoms with Crippen LogP contribution >= 0.6 is 0 Å².